The maximum absolute atomic E-state index is 12.3. The number of nitrogens with one attached hydrogen (secondary N) is 1. The summed E-state index contributed by atoms with van der Waals surface area (Å²) in [4.78, 5) is 63.1. The predicted molar refractivity (Wildman–Crippen MR) is 141 cm³/mol. The SMILES string of the molecule is CCC1CC(=O)N(CCCCCC(=O)CNc2ccc(COC(=O)N(C)[C@H](C(C)=O)C(C)C)cc2)C1=O. The summed E-state index contributed by atoms with van der Waals surface area (Å²) in [5.74, 6) is -0.312. The van der Waals surface area contributed by atoms with Gasteiger partial charge in [-0.25, -0.2) is 4.79 Å². The molecule has 2 rings (SSSR count). The van der Waals surface area contributed by atoms with E-state index in [0.717, 1.165) is 17.7 Å². The largest absolute Gasteiger partial charge is 0.445 e. The first-order chi connectivity index (χ1) is 17.5. The molecular formula is C28H41N3O6. The number of rotatable bonds is 15. The van der Waals surface area contributed by atoms with Crippen molar-refractivity contribution in [3.63, 3.8) is 0 Å². The number of hydrogen-bond donors (Lipinski definition) is 1. The van der Waals surface area contributed by atoms with Crippen LogP contribution in [0.2, 0.25) is 0 Å². The minimum Gasteiger partial charge on any atom is -0.445 e. The van der Waals surface area contributed by atoms with E-state index in [4.69, 9.17) is 4.74 Å². The second kappa shape index (κ2) is 14.5. The zero-order valence-electron chi connectivity index (χ0n) is 22.7. The molecule has 1 N–H and O–H groups in total. The normalized spacial score (nSPS) is 16.2. The van der Waals surface area contributed by atoms with Crippen LogP contribution >= 0.6 is 0 Å². The van der Waals surface area contributed by atoms with Gasteiger partial charge < -0.3 is 15.0 Å². The number of unbranched alkanes of at least 4 members (excludes halogenated alkanes) is 2. The summed E-state index contributed by atoms with van der Waals surface area (Å²) in [7, 11) is 1.56. The zero-order chi connectivity index (χ0) is 27.5. The number of anilines is 1. The number of amides is 3. The van der Waals surface area contributed by atoms with E-state index in [2.05, 4.69) is 5.32 Å². The third-order valence-corrected chi connectivity index (χ3v) is 6.73. The molecule has 37 heavy (non-hydrogen) atoms. The molecular weight excluding hydrogens is 474 g/mol. The maximum atomic E-state index is 12.3. The van der Waals surface area contributed by atoms with Crippen LogP contribution < -0.4 is 5.32 Å². The van der Waals surface area contributed by atoms with Gasteiger partial charge in [0, 0.05) is 38.0 Å². The molecule has 1 aliphatic rings. The van der Waals surface area contributed by atoms with E-state index in [0.29, 0.717) is 38.6 Å². The molecule has 0 saturated carbocycles. The van der Waals surface area contributed by atoms with Gasteiger partial charge in [0.15, 0.2) is 11.6 Å². The highest BCUT2D eigenvalue weighted by Gasteiger charge is 2.36. The number of benzene rings is 1. The van der Waals surface area contributed by atoms with Gasteiger partial charge in [0.1, 0.15) is 6.61 Å². The van der Waals surface area contributed by atoms with Crippen LogP contribution in [0.25, 0.3) is 0 Å². The van der Waals surface area contributed by atoms with Gasteiger partial charge in [0.25, 0.3) is 0 Å². The molecule has 1 aliphatic heterocycles. The third kappa shape index (κ3) is 8.98. The number of carbonyl (C=O) groups is 5. The lowest BCUT2D eigenvalue weighted by molar-refractivity contribution is -0.139. The van der Waals surface area contributed by atoms with E-state index in [1.54, 1.807) is 7.05 Å². The Morgan fingerprint density at radius 1 is 1.11 bits per heavy atom. The highest BCUT2D eigenvalue weighted by molar-refractivity contribution is 6.03. The monoisotopic (exact) mass is 515 g/mol. The highest BCUT2D eigenvalue weighted by Crippen LogP contribution is 2.22. The molecule has 1 fully saturated rings. The molecule has 9 heteroatoms. The number of nitrogens with zero attached hydrogens (tertiary/aromatic N) is 2. The van der Waals surface area contributed by atoms with Gasteiger partial charge in [-0.15, -0.1) is 0 Å². The van der Waals surface area contributed by atoms with Gasteiger partial charge >= 0.3 is 6.09 Å². The molecule has 1 aromatic rings. The number of Topliss-reactive ketones (excluding diaryl/α,β-unsaturated/α-hetero) is 2. The topological polar surface area (TPSA) is 113 Å². The minimum absolute atomic E-state index is 0.0110. The summed E-state index contributed by atoms with van der Waals surface area (Å²) in [5.41, 5.74) is 1.58. The van der Waals surface area contributed by atoms with Crippen LogP contribution in [0, 0.1) is 11.8 Å². The quantitative estimate of drug-likeness (QED) is 0.275. The summed E-state index contributed by atoms with van der Waals surface area (Å²) < 4.78 is 5.35. The van der Waals surface area contributed by atoms with Crippen molar-refractivity contribution in [2.75, 3.05) is 25.5 Å². The molecule has 2 atom stereocenters. The first-order valence-corrected chi connectivity index (χ1v) is 13.1. The maximum Gasteiger partial charge on any atom is 0.410 e. The Balaban J connectivity index is 1.65. The Morgan fingerprint density at radius 2 is 1.78 bits per heavy atom. The molecule has 0 bridgehead atoms. The van der Waals surface area contributed by atoms with Gasteiger partial charge in [0.2, 0.25) is 11.8 Å². The van der Waals surface area contributed by atoms with E-state index in [1.807, 2.05) is 45.0 Å². The van der Waals surface area contributed by atoms with E-state index >= 15 is 0 Å². The van der Waals surface area contributed by atoms with E-state index < -0.39 is 12.1 Å². The fourth-order valence-electron chi connectivity index (χ4n) is 4.63. The predicted octanol–water partition coefficient (Wildman–Crippen LogP) is 4.20. The van der Waals surface area contributed by atoms with Crippen LogP contribution in [0.1, 0.15) is 71.8 Å². The van der Waals surface area contributed by atoms with Crippen molar-refractivity contribution in [1.82, 2.24) is 9.80 Å². The average Bonchev–Trinajstić information content (AvgIpc) is 3.13. The van der Waals surface area contributed by atoms with Crippen molar-refractivity contribution in [2.24, 2.45) is 11.8 Å². The summed E-state index contributed by atoms with van der Waals surface area (Å²) >= 11 is 0. The number of imide groups is 1. The number of carbonyl (C=O) groups excluding carboxylic acids is 5. The lowest BCUT2D eigenvalue weighted by Crippen LogP contribution is -2.45. The smallest absolute Gasteiger partial charge is 0.410 e. The van der Waals surface area contributed by atoms with E-state index in [1.165, 1.54) is 16.7 Å². The van der Waals surface area contributed by atoms with Crippen LogP contribution in [0.15, 0.2) is 24.3 Å². The number of likely N-dealkylation sites (tertiary alicyclic amines) is 1. The van der Waals surface area contributed by atoms with Gasteiger partial charge in [-0.2, -0.15) is 0 Å². The third-order valence-electron chi connectivity index (χ3n) is 6.73. The average molecular weight is 516 g/mol. The van der Waals surface area contributed by atoms with E-state index in [-0.39, 0.29) is 48.4 Å². The molecule has 1 saturated heterocycles. The van der Waals surface area contributed by atoms with Gasteiger partial charge in [-0.1, -0.05) is 39.3 Å². The highest BCUT2D eigenvalue weighted by atomic mass is 16.6. The Labute approximate surface area is 219 Å². The standard InChI is InChI=1S/C28H41N3O6/c1-6-22-16-25(34)31(27(22)35)15-9-7-8-10-24(33)17-29-23-13-11-21(12-14-23)18-37-28(36)30(5)26(19(2)3)20(4)32/h11-14,19,22,26,29H,6-10,15-18H2,1-5H3/t22?,26-/m0/s1. The number of ether oxygens (including phenoxy) is 1. The Hall–Kier alpha value is -3.23. The van der Waals surface area contributed by atoms with Crippen LogP contribution in [-0.2, 0) is 30.5 Å². The van der Waals surface area contributed by atoms with Crippen molar-refractivity contribution >= 4 is 35.2 Å². The van der Waals surface area contributed by atoms with Crippen LogP contribution in [-0.4, -0.2) is 65.5 Å². The van der Waals surface area contributed by atoms with Gasteiger partial charge in [-0.05, 0) is 49.8 Å². The van der Waals surface area contributed by atoms with Crippen LogP contribution in [0.5, 0.6) is 0 Å². The first kappa shape index (κ1) is 30.0. The number of hydrogen-bond acceptors (Lipinski definition) is 7. The Bertz CT molecular complexity index is 959. The summed E-state index contributed by atoms with van der Waals surface area (Å²) in [6.45, 7) is 7.89. The second-order valence-corrected chi connectivity index (χ2v) is 10.1. The van der Waals surface area contributed by atoms with Crippen molar-refractivity contribution in [3.05, 3.63) is 29.8 Å². The second-order valence-electron chi connectivity index (χ2n) is 10.1. The molecule has 9 nitrogen and oxygen atoms in total. The fraction of sp³-hybridized carbons (Fsp3) is 0.607. The molecule has 0 aromatic heterocycles. The lowest BCUT2D eigenvalue weighted by Gasteiger charge is -2.28. The Morgan fingerprint density at radius 3 is 2.35 bits per heavy atom. The molecule has 3 amide bonds. The first-order valence-electron chi connectivity index (χ1n) is 13.1. The van der Waals surface area contributed by atoms with Crippen molar-refractivity contribution < 1.29 is 28.7 Å². The summed E-state index contributed by atoms with van der Waals surface area (Å²) in [5, 5.41) is 3.10. The molecule has 204 valence electrons. The molecule has 1 unspecified atom stereocenters. The number of ketones is 2. The van der Waals surface area contributed by atoms with Crippen molar-refractivity contribution in [3.8, 4) is 0 Å². The van der Waals surface area contributed by atoms with Crippen LogP contribution in [0.3, 0.4) is 0 Å². The van der Waals surface area contributed by atoms with Crippen LogP contribution in [0.4, 0.5) is 10.5 Å². The number of likely N-dealkylation sites (N-methyl/N-ethyl adjacent to an activating group) is 1. The molecule has 0 radical (unpaired) electrons. The van der Waals surface area contributed by atoms with Gasteiger partial charge in [0.05, 0.1) is 12.6 Å². The molecule has 0 spiro atoms. The summed E-state index contributed by atoms with van der Waals surface area (Å²) in [6.07, 6.45) is 3.11. The van der Waals surface area contributed by atoms with Crippen molar-refractivity contribution in [1.29, 1.82) is 0 Å². The zero-order valence-corrected chi connectivity index (χ0v) is 22.7. The minimum atomic E-state index is -0.550. The lowest BCUT2D eigenvalue weighted by atomic mass is 10.00. The fourth-order valence-corrected chi connectivity index (χ4v) is 4.63. The molecule has 0 aliphatic carbocycles. The summed E-state index contributed by atoms with van der Waals surface area (Å²) in [6, 6.07) is 6.74. The van der Waals surface area contributed by atoms with Gasteiger partial charge in [-0.3, -0.25) is 24.1 Å². The van der Waals surface area contributed by atoms with Crippen molar-refractivity contribution in [2.45, 2.75) is 78.9 Å². The van der Waals surface area contributed by atoms with E-state index in [9.17, 15) is 24.0 Å². The Kier molecular flexibility index (Phi) is 11.8. The molecule has 1 heterocycles. The molecule has 1 aromatic carbocycles.